The topological polar surface area (TPSA) is 215 Å². The molecular weight excluding hydrogens is 426 g/mol. The van der Waals surface area contributed by atoms with Crippen LogP contribution in [0.3, 0.4) is 0 Å². The standard InChI is InChI=1S/C18H35N7O5S/c1-4-9(2)13(17(29)30)25-14(26)10(3)23-16(28)12(8-31)24-15(27)11(19)6-5-7-22-18(20)21/h9-13,31H,4-8,19H2,1-3H3,(H,23,28)(H,24,27)(H,25,26)(H,29,30)(H4,20,21,22). The van der Waals surface area contributed by atoms with Crippen LogP contribution in [0, 0.1) is 5.92 Å². The molecule has 0 bridgehead atoms. The molecule has 0 aliphatic rings. The van der Waals surface area contributed by atoms with Crippen LogP contribution in [0.25, 0.3) is 0 Å². The number of thiol groups is 1. The third kappa shape index (κ3) is 10.9. The molecule has 0 fully saturated rings. The van der Waals surface area contributed by atoms with Gasteiger partial charge in [0.15, 0.2) is 5.96 Å². The van der Waals surface area contributed by atoms with Crippen LogP contribution in [0.1, 0.15) is 40.0 Å². The minimum absolute atomic E-state index is 0.0305. The lowest BCUT2D eigenvalue weighted by atomic mass is 9.99. The monoisotopic (exact) mass is 461 g/mol. The average Bonchev–Trinajstić information content (AvgIpc) is 2.71. The lowest BCUT2D eigenvalue weighted by Crippen LogP contribution is -2.57. The van der Waals surface area contributed by atoms with Crippen molar-refractivity contribution in [1.82, 2.24) is 16.0 Å². The molecule has 0 heterocycles. The fourth-order valence-corrected chi connectivity index (χ4v) is 2.72. The van der Waals surface area contributed by atoms with E-state index >= 15 is 0 Å². The number of rotatable bonds is 14. The smallest absolute Gasteiger partial charge is 0.326 e. The first kappa shape index (κ1) is 28.5. The van der Waals surface area contributed by atoms with Crippen LogP contribution in [0.5, 0.6) is 0 Å². The predicted molar refractivity (Wildman–Crippen MR) is 120 cm³/mol. The van der Waals surface area contributed by atoms with Crippen LogP contribution in [-0.2, 0) is 19.2 Å². The molecule has 10 N–H and O–H groups in total. The molecule has 0 rings (SSSR count). The minimum atomic E-state index is -1.16. The lowest BCUT2D eigenvalue weighted by molar-refractivity contribution is -0.143. The number of nitrogens with zero attached hydrogens (tertiary/aromatic N) is 1. The van der Waals surface area contributed by atoms with Gasteiger partial charge in [0.25, 0.3) is 0 Å². The Hall–Kier alpha value is -2.54. The molecule has 31 heavy (non-hydrogen) atoms. The van der Waals surface area contributed by atoms with E-state index in [2.05, 4.69) is 33.6 Å². The van der Waals surface area contributed by atoms with Gasteiger partial charge in [-0.25, -0.2) is 4.79 Å². The van der Waals surface area contributed by atoms with Gasteiger partial charge in [0.05, 0.1) is 6.04 Å². The highest BCUT2D eigenvalue weighted by atomic mass is 32.1. The molecule has 0 spiro atoms. The van der Waals surface area contributed by atoms with Crippen molar-refractivity contribution >= 4 is 42.3 Å². The largest absolute Gasteiger partial charge is 0.480 e. The summed E-state index contributed by atoms with van der Waals surface area (Å²) in [7, 11) is 0. The number of guanidine groups is 1. The highest BCUT2D eigenvalue weighted by Gasteiger charge is 2.29. The van der Waals surface area contributed by atoms with Gasteiger partial charge in [-0.05, 0) is 25.7 Å². The van der Waals surface area contributed by atoms with E-state index in [0.29, 0.717) is 25.8 Å². The molecule has 0 aliphatic heterocycles. The van der Waals surface area contributed by atoms with E-state index in [9.17, 15) is 24.3 Å². The molecule has 0 aromatic rings. The number of carboxylic acid groups (broad SMARTS) is 1. The normalized spacial score (nSPS) is 15.5. The maximum atomic E-state index is 12.4. The predicted octanol–water partition coefficient (Wildman–Crippen LogP) is -2.10. The van der Waals surface area contributed by atoms with E-state index in [1.54, 1.807) is 6.92 Å². The molecular formula is C18H35N7O5S. The van der Waals surface area contributed by atoms with Crippen molar-refractivity contribution in [3.05, 3.63) is 0 Å². The van der Waals surface area contributed by atoms with Gasteiger partial charge in [-0.1, -0.05) is 20.3 Å². The summed E-state index contributed by atoms with van der Waals surface area (Å²) in [5, 5.41) is 16.6. The van der Waals surface area contributed by atoms with E-state index in [0.717, 1.165) is 0 Å². The maximum Gasteiger partial charge on any atom is 0.326 e. The third-order valence-electron chi connectivity index (χ3n) is 4.65. The van der Waals surface area contributed by atoms with Crippen molar-refractivity contribution in [2.45, 2.75) is 64.2 Å². The Labute approximate surface area is 187 Å². The quantitative estimate of drug-likeness (QED) is 0.0619. The number of aliphatic imine (C=N–C) groups is 1. The second-order valence-corrected chi connectivity index (χ2v) is 7.60. The van der Waals surface area contributed by atoms with Crippen LogP contribution in [0.4, 0.5) is 0 Å². The first-order chi connectivity index (χ1) is 14.4. The van der Waals surface area contributed by atoms with Gasteiger partial charge in [-0.2, -0.15) is 12.6 Å². The van der Waals surface area contributed by atoms with Crippen LogP contribution < -0.4 is 33.2 Å². The summed E-state index contributed by atoms with van der Waals surface area (Å²) < 4.78 is 0. The zero-order valence-electron chi connectivity index (χ0n) is 18.1. The molecule has 13 heteroatoms. The molecule has 0 aromatic carbocycles. The number of aliphatic carboxylic acids is 1. The molecule has 0 aromatic heterocycles. The van der Waals surface area contributed by atoms with Crippen molar-refractivity contribution in [3.63, 3.8) is 0 Å². The SMILES string of the molecule is CCC(C)C(NC(=O)C(C)NC(=O)C(CS)NC(=O)C(N)CCCN=C(N)N)C(=O)O. The number of hydrogen-bond donors (Lipinski definition) is 8. The van der Waals surface area contributed by atoms with E-state index in [1.165, 1.54) is 6.92 Å². The Morgan fingerprint density at radius 2 is 1.65 bits per heavy atom. The Morgan fingerprint density at radius 3 is 2.13 bits per heavy atom. The Balaban J connectivity index is 4.76. The number of carbonyl (C=O) groups excluding carboxylic acids is 3. The molecule has 178 valence electrons. The molecule has 0 aliphatic carbocycles. The van der Waals surface area contributed by atoms with Crippen LogP contribution in [-0.4, -0.2) is 71.2 Å². The Morgan fingerprint density at radius 1 is 1.03 bits per heavy atom. The average molecular weight is 462 g/mol. The summed E-state index contributed by atoms with van der Waals surface area (Å²) in [5.41, 5.74) is 16.2. The van der Waals surface area contributed by atoms with Gasteiger partial charge in [0, 0.05) is 12.3 Å². The molecule has 0 saturated carbocycles. The van der Waals surface area contributed by atoms with E-state index < -0.39 is 47.9 Å². The second kappa shape index (κ2) is 14.5. The lowest BCUT2D eigenvalue weighted by Gasteiger charge is -2.24. The Kier molecular flexibility index (Phi) is 13.3. The number of amides is 3. The fourth-order valence-electron chi connectivity index (χ4n) is 2.46. The van der Waals surface area contributed by atoms with Gasteiger partial charge < -0.3 is 38.3 Å². The number of nitrogens with two attached hydrogens (primary N) is 3. The third-order valence-corrected chi connectivity index (χ3v) is 5.01. The highest BCUT2D eigenvalue weighted by molar-refractivity contribution is 7.80. The number of nitrogens with one attached hydrogen (secondary N) is 3. The van der Waals surface area contributed by atoms with Crippen molar-refractivity contribution < 1.29 is 24.3 Å². The molecule has 12 nitrogen and oxygen atoms in total. The van der Waals surface area contributed by atoms with Gasteiger partial charge in [0.1, 0.15) is 18.1 Å². The van der Waals surface area contributed by atoms with Crippen molar-refractivity contribution in [2.75, 3.05) is 12.3 Å². The van der Waals surface area contributed by atoms with Crippen LogP contribution >= 0.6 is 12.6 Å². The number of hydrogen-bond acceptors (Lipinski definition) is 7. The van der Waals surface area contributed by atoms with E-state index in [-0.39, 0.29) is 17.6 Å². The molecule has 5 atom stereocenters. The molecule has 5 unspecified atom stereocenters. The summed E-state index contributed by atoms with van der Waals surface area (Å²) in [6, 6.07) is -4.00. The van der Waals surface area contributed by atoms with Crippen LogP contribution in [0.15, 0.2) is 4.99 Å². The zero-order chi connectivity index (χ0) is 24.1. The van der Waals surface area contributed by atoms with Gasteiger partial charge in [-0.15, -0.1) is 0 Å². The summed E-state index contributed by atoms with van der Waals surface area (Å²) >= 11 is 4.06. The number of carboxylic acids is 1. The summed E-state index contributed by atoms with van der Waals surface area (Å²) in [5.74, 6) is -3.38. The van der Waals surface area contributed by atoms with Crippen molar-refractivity contribution in [2.24, 2.45) is 28.1 Å². The van der Waals surface area contributed by atoms with Crippen LogP contribution in [0.2, 0.25) is 0 Å². The Bertz CT molecular complexity index is 657. The highest BCUT2D eigenvalue weighted by Crippen LogP contribution is 2.08. The summed E-state index contributed by atoms with van der Waals surface area (Å²) in [4.78, 5) is 52.1. The van der Waals surface area contributed by atoms with Crippen molar-refractivity contribution in [1.29, 1.82) is 0 Å². The summed E-state index contributed by atoms with van der Waals surface area (Å²) in [6.45, 7) is 5.24. The van der Waals surface area contributed by atoms with Gasteiger partial charge in [0.2, 0.25) is 17.7 Å². The van der Waals surface area contributed by atoms with E-state index in [1.807, 2.05) is 6.92 Å². The zero-order valence-corrected chi connectivity index (χ0v) is 19.0. The fraction of sp³-hybridized carbons (Fsp3) is 0.722. The first-order valence-corrected chi connectivity index (χ1v) is 10.6. The van der Waals surface area contributed by atoms with Gasteiger partial charge in [-0.3, -0.25) is 19.4 Å². The van der Waals surface area contributed by atoms with Gasteiger partial charge >= 0.3 is 5.97 Å². The first-order valence-electron chi connectivity index (χ1n) is 10.00. The van der Waals surface area contributed by atoms with E-state index in [4.69, 9.17) is 17.2 Å². The summed E-state index contributed by atoms with van der Waals surface area (Å²) in [6.07, 6.45) is 1.33. The van der Waals surface area contributed by atoms with Crippen molar-refractivity contribution in [3.8, 4) is 0 Å². The number of carbonyl (C=O) groups is 4. The molecule has 0 radical (unpaired) electrons. The molecule has 0 saturated heterocycles. The minimum Gasteiger partial charge on any atom is -0.480 e. The molecule has 3 amide bonds. The maximum absolute atomic E-state index is 12.4. The second-order valence-electron chi connectivity index (χ2n) is 7.24.